The lowest BCUT2D eigenvalue weighted by atomic mass is 10.1. The lowest BCUT2D eigenvalue weighted by Gasteiger charge is -2.37. The van der Waals surface area contributed by atoms with E-state index < -0.39 is 5.82 Å². The van der Waals surface area contributed by atoms with Crippen LogP contribution in [0.15, 0.2) is 66.7 Å². The molecule has 1 aliphatic heterocycles. The fourth-order valence-corrected chi connectivity index (χ4v) is 4.12. The van der Waals surface area contributed by atoms with Gasteiger partial charge in [-0.3, -0.25) is 9.59 Å². The zero-order chi connectivity index (χ0) is 23.4. The molecule has 0 aliphatic carbocycles. The highest BCUT2D eigenvalue weighted by Gasteiger charge is 2.25. The average Bonchev–Trinajstić information content (AvgIpc) is 2.81. The van der Waals surface area contributed by atoms with Gasteiger partial charge >= 0.3 is 0 Å². The van der Waals surface area contributed by atoms with Gasteiger partial charge in [0.2, 0.25) is 5.91 Å². The Morgan fingerprint density at radius 1 is 0.879 bits per heavy atom. The minimum absolute atomic E-state index is 0.0765. The van der Waals surface area contributed by atoms with Gasteiger partial charge in [-0.1, -0.05) is 47.5 Å². The predicted octanol–water partition coefficient (Wildman–Crippen LogP) is 5.28. The molecule has 1 aliphatic rings. The highest BCUT2D eigenvalue weighted by Crippen LogP contribution is 2.30. The molecule has 33 heavy (non-hydrogen) atoms. The maximum atomic E-state index is 14.0. The SMILES string of the molecule is O=C(Cc1ccc(Cl)cc1)Nc1cc(Cl)ccc1N1CCN(C(=O)c2ccccc2F)CC1. The number of anilines is 2. The number of benzene rings is 3. The Balaban J connectivity index is 1.43. The van der Waals surface area contributed by atoms with Gasteiger partial charge in [-0.25, -0.2) is 4.39 Å². The molecule has 4 rings (SSSR count). The number of carbonyl (C=O) groups is 2. The number of nitrogens with zero attached hydrogens (tertiary/aromatic N) is 2. The molecule has 5 nitrogen and oxygen atoms in total. The van der Waals surface area contributed by atoms with Gasteiger partial charge in [-0.15, -0.1) is 0 Å². The van der Waals surface area contributed by atoms with Gasteiger partial charge in [0.1, 0.15) is 5.82 Å². The minimum atomic E-state index is -0.520. The summed E-state index contributed by atoms with van der Waals surface area (Å²) in [7, 11) is 0. The third-order valence-corrected chi connectivity index (χ3v) is 6.01. The predicted molar refractivity (Wildman–Crippen MR) is 130 cm³/mol. The molecule has 3 aromatic rings. The normalized spacial score (nSPS) is 13.7. The summed E-state index contributed by atoms with van der Waals surface area (Å²) in [5.41, 5.74) is 2.35. The number of carbonyl (C=O) groups excluding carboxylic acids is 2. The fraction of sp³-hybridized carbons (Fsp3) is 0.200. The maximum Gasteiger partial charge on any atom is 0.256 e. The van der Waals surface area contributed by atoms with E-state index in [0.29, 0.717) is 41.9 Å². The first-order chi connectivity index (χ1) is 15.9. The zero-order valence-electron chi connectivity index (χ0n) is 17.7. The molecule has 0 spiro atoms. The summed E-state index contributed by atoms with van der Waals surface area (Å²) in [6, 6.07) is 18.5. The van der Waals surface area contributed by atoms with Crippen LogP contribution in [0.4, 0.5) is 15.8 Å². The molecule has 2 amide bonds. The van der Waals surface area contributed by atoms with Crippen molar-refractivity contribution in [2.24, 2.45) is 0 Å². The minimum Gasteiger partial charge on any atom is -0.366 e. The van der Waals surface area contributed by atoms with E-state index in [0.717, 1.165) is 11.3 Å². The van der Waals surface area contributed by atoms with Crippen LogP contribution in [0, 0.1) is 5.82 Å². The van der Waals surface area contributed by atoms with Gasteiger partial charge < -0.3 is 15.1 Å². The molecule has 1 N–H and O–H groups in total. The lowest BCUT2D eigenvalue weighted by Crippen LogP contribution is -2.49. The molecule has 1 heterocycles. The summed E-state index contributed by atoms with van der Waals surface area (Å²) in [5.74, 6) is -1.01. The van der Waals surface area contributed by atoms with E-state index in [9.17, 15) is 14.0 Å². The molecular formula is C25H22Cl2FN3O2. The Labute approximate surface area is 201 Å². The number of piperazine rings is 1. The molecule has 1 fully saturated rings. The summed E-state index contributed by atoms with van der Waals surface area (Å²) >= 11 is 12.1. The number of hydrogen-bond donors (Lipinski definition) is 1. The standard InChI is InChI=1S/C25H22Cl2FN3O2/c26-18-7-5-17(6-8-18)15-24(32)29-22-16-19(27)9-10-23(22)30-11-13-31(14-12-30)25(33)20-3-1-2-4-21(20)28/h1-10,16H,11-15H2,(H,29,32). The number of halogens is 3. The molecule has 8 heteroatoms. The summed E-state index contributed by atoms with van der Waals surface area (Å²) in [4.78, 5) is 29.1. The Morgan fingerprint density at radius 3 is 2.24 bits per heavy atom. The molecule has 0 radical (unpaired) electrons. The van der Waals surface area contributed by atoms with E-state index in [1.165, 1.54) is 12.1 Å². The number of amides is 2. The van der Waals surface area contributed by atoms with Crippen LogP contribution in [-0.4, -0.2) is 42.9 Å². The van der Waals surface area contributed by atoms with Gasteiger partial charge in [0.15, 0.2) is 0 Å². The Morgan fingerprint density at radius 2 is 1.55 bits per heavy atom. The highest BCUT2D eigenvalue weighted by molar-refractivity contribution is 6.31. The molecule has 0 aromatic heterocycles. The van der Waals surface area contributed by atoms with Gasteiger partial charge in [0, 0.05) is 36.2 Å². The van der Waals surface area contributed by atoms with Crippen LogP contribution in [0.25, 0.3) is 0 Å². The van der Waals surface area contributed by atoms with Crippen molar-refractivity contribution in [3.05, 3.63) is 93.7 Å². The van der Waals surface area contributed by atoms with Crippen LogP contribution in [0.5, 0.6) is 0 Å². The van der Waals surface area contributed by atoms with Gasteiger partial charge in [-0.2, -0.15) is 0 Å². The number of nitrogens with one attached hydrogen (secondary N) is 1. The molecule has 0 bridgehead atoms. The Bertz CT molecular complexity index is 1160. The summed E-state index contributed by atoms with van der Waals surface area (Å²) in [6.45, 7) is 1.96. The van der Waals surface area contributed by atoms with Crippen LogP contribution in [0.1, 0.15) is 15.9 Å². The van der Waals surface area contributed by atoms with Crippen molar-refractivity contribution in [2.75, 3.05) is 36.4 Å². The highest BCUT2D eigenvalue weighted by atomic mass is 35.5. The van der Waals surface area contributed by atoms with Crippen molar-refractivity contribution >= 4 is 46.4 Å². The van der Waals surface area contributed by atoms with E-state index in [1.807, 2.05) is 18.2 Å². The van der Waals surface area contributed by atoms with E-state index in [-0.39, 0.29) is 23.8 Å². The third kappa shape index (κ3) is 5.64. The molecule has 0 saturated carbocycles. The molecule has 3 aromatic carbocycles. The topological polar surface area (TPSA) is 52.7 Å². The van der Waals surface area contributed by atoms with E-state index in [2.05, 4.69) is 10.2 Å². The van der Waals surface area contributed by atoms with Crippen LogP contribution in [-0.2, 0) is 11.2 Å². The summed E-state index contributed by atoms with van der Waals surface area (Å²) in [5, 5.41) is 4.07. The van der Waals surface area contributed by atoms with Crippen LogP contribution in [0.3, 0.4) is 0 Å². The van der Waals surface area contributed by atoms with Gasteiger partial charge in [0.25, 0.3) is 5.91 Å². The second-order valence-corrected chi connectivity index (χ2v) is 8.64. The molecule has 1 saturated heterocycles. The number of rotatable bonds is 5. The smallest absolute Gasteiger partial charge is 0.256 e. The van der Waals surface area contributed by atoms with Gasteiger partial charge in [0.05, 0.1) is 23.4 Å². The van der Waals surface area contributed by atoms with Crippen molar-refractivity contribution in [1.29, 1.82) is 0 Å². The maximum absolute atomic E-state index is 14.0. The monoisotopic (exact) mass is 485 g/mol. The first-order valence-electron chi connectivity index (χ1n) is 10.5. The molecular weight excluding hydrogens is 464 g/mol. The zero-order valence-corrected chi connectivity index (χ0v) is 19.2. The second-order valence-electron chi connectivity index (χ2n) is 7.77. The van der Waals surface area contributed by atoms with Crippen molar-refractivity contribution in [2.45, 2.75) is 6.42 Å². The molecule has 0 unspecified atom stereocenters. The molecule has 170 valence electrons. The largest absolute Gasteiger partial charge is 0.366 e. The van der Waals surface area contributed by atoms with Crippen LogP contribution < -0.4 is 10.2 Å². The average molecular weight is 486 g/mol. The van der Waals surface area contributed by atoms with Gasteiger partial charge in [-0.05, 0) is 48.0 Å². The van der Waals surface area contributed by atoms with E-state index >= 15 is 0 Å². The second kappa shape index (κ2) is 10.2. The van der Waals surface area contributed by atoms with Crippen molar-refractivity contribution in [3.63, 3.8) is 0 Å². The van der Waals surface area contributed by atoms with Crippen LogP contribution in [0.2, 0.25) is 10.0 Å². The van der Waals surface area contributed by atoms with E-state index in [1.54, 1.807) is 41.3 Å². The van der Waals surface area contributed by atoms with Crippen molar-refractivity contribution in [1.82, 2.24) is 4.90 Å². The lowest BCUT2D eigenvalue weighted by molar-refractivity contribution is -0.115. The van der Waals surface area contributed by atoms with E-state index in [4.69, 9.17) is 23.2 Å². The third-order valence-electron chi connectivity index (χ3n) is 5.52. The first-order valence-corrected chi connectivity index (χ1v) is 11.3. The summed E-state index contributed by atoms with van der Waals surface area (Å²) < 4.78 is 14.0. The first kappa shape index (κ1) is 23.1. The number of hydrogen-bond acceptors (Lipinski definition) is 3. The van der Waals surface area contributed by atoms with Crippen molar-refractivity contribution in [3.8, 4) is 0 Å². The molecule has 0 atom stereocenters. The fourth-order valence-electron chi connectivity index (χ4n) is 3.82. The quantitative estimate of drug-likeness (QED) is 0.534. The Kier molecular flexibility index (Phi) is 7.16. The van der Waals surface area contributed by atoms with Crippen molar-refractivity contribution < 1.29 is 14.0 Å². The summed E-state index contributed by atoms with van der Waals surface area (Å²) in [6.07, 6.45) is 0.202. The van der Waals surface area contributed by atoms with Crippen LogP contribution >= 0.6 is 23.2 Å². The Hall–Kier alpha value is -3.09.